The molecule has 0 radical (unpaired) electrons. The van der Waals surface area contributed by atoms with E-state index in [1.807, 2.05) is 42.5 Å². The van der Waals surface area contributed by atoms with E-state index in [4.69, 9.17) is 21.1 Å². The lowest BCUT2D eigenvalue weighted by Crippen LogP contribution is -1.91. The molecule has 0 aliphatic heterocycles. The van der Waals surface area contributed by atoms with Crippen molar-refractivity contribution in [1.29, 1.82) is 0 Å². The van der Waals surface area contributed by atoms with Crippen molar-refractivity contribution in [2.45, 2.75) is 0 Å². The summed E-state index contributed by atoms with van der Waals surface area (Å²) in [6, 6.07) is 33.5. The fourth-order valence-corrected chi connectivity index (χ4v) is 6.01. The molecule has 1 aliphatic carbocycles. The average Bonchev–Trinajstić information content (AvgIpc) is 3.32. The van der Waals surface area contributed by atoms with Crippen LogP contribution in [0.2, 0.25) is 0 Å². The van der Waals surface area contributed by atoms with E-state index in [0.717, 1.165) is 66.4 Å². The summed E-state index contributed by atoms with van der Waals surface area (Å²) in [6.07, 6.45) is 10.0. The van der Waals surface area contributed by atoms with Crippen LogP contribution in [-0.2, 0) is 0 Å². The van der Waals surface area contributed by atoms with Crippen molar-refractivity contribution in [1.82, 2.24) is 15.0 Å². The number of imidazole rings is 1. The normalized spacial score (nSPS) is 13.1. The quantitative estimate of drug-likeness (QED) is 0.172. The molecule has 0 amide bonds. The summed E-state index contributed by atoms with van der Waals surface area (Å²) in [5, 5.41) is 5.66. The maximum absolute atomic E-state index is 5.79. The molecule has 198 valence electrons. The second kappa shape index (κ2) is 9.90. The summed E-state index contributed by atoms with van der Waals surface area (Å²) in [4.78, 5) is 12.7. The first kappa shape index (κ1) is 24.4. The third kappa shape index (κ3) is 4.02. The van der Waals surface area contributed by atoms with Crippen LogP contribution in [0.3, 0.4) is 0 Å². The Balaban J connectivity index is 1.25. The van der Waals surface area contributed by atoms with Crippen LogP contribution in [0.1, 0.15) is 11.4 Å². The first-order valence-electron chi connectivity index (χ1n) is 13.7. The van der Waals surface area contributed by atoms with Gasteiger partial charge in [0.25, 0.3) is 0 Å². The summed E-state index contributed by atoms with van der Waals surface area (Å²) in [5.74, 6) is 1.35. The molecule has 4 nitrogen and oxygen atoms in total. The number of aromatic nitrogens is 3. The zero-order chi connectivity index (χ0) is 28.0. The average molecular weight is 560 g/mol. The molecule has 0 bridgehead atoms. The van der Waals surface area contributed by atoms with E-state index in [0.29, 0.717) is 5.75 Å². The smallest absolute Gasteiger partial charge is 0.172 e. The van der Waals surface area contributed by atoms with Crippen molar-refractivity contribution in [2.24, 2.45) is 0 Å². The van der Waals surface area contributed by atoms with Gasteiger partial charge in [-0.15, -0.1) is 5.73 Å². The van der Waals surface area contributed by atoms with E-state index in [2.05, 4.69) is 94.6 Å². The Morgan fingerprint density at radius 2 is 1.62 bits per heavy atom. The van der Waals surface area contributed by atoms with E-state index in [-0.39, 0.29) is 0 Å². The molecule has 0 spiro atoms. The number of benzene rings is 5. The zero-order valence-corrected chi connectivity index (χ0v) is 23.1. The summed E-state index contributed by atoms with van der Waals surface area (Å²) in [6.45, 7) is 0. The minimum atomic E-state index is 0.540. The van der Waals surface area contributed by atoms with E-state index < -0.39 is 0 Å². The number of fused-ring (bicyclic) bond motifs is 4. The van der Waals surface area contributed by atoms with Gasteiger partial charge >= 0.3 is 0 Å². The van der Waals surface area contributed by atoms with Gasteiger partial charge in [-0.2, -0.15) is 0 Å². The highest BCUT2D eigenvalue weighted by Gasteiger charge is 2.16. The highest BCUT2D eigenvalue weighted by Crippen LogP contribution is 2.42. The van der Waals surface area contributed by atoms with Crippen LogP contribution >= 0.6 is 11.9 Å². The van der Waals surface area contributed by atoms with Crippen molar-refractivity contribution in [3.05, 3.63) is 145 Å². The zero-order valence-electron chi connectivity index (χ0n) is 22.3. The van der Waals surface area contributed by atoms with E-state index >= 15 is 0 Å². The molecule has 2 heterocycles. The van der Waals surface area contributed by atoms with E-state index in [9.17, 15) is 0 Å². The maximum atomic E-state index is 5.79. The molecule has 0 fully saturated rings. The number of nitrogens with zero attached hydrogens (tertiary/aromatic N) is 2. The summed E-state index contributed by atoms with van der Waals surface area (Å²) in [7, 11) is 0. The van der Waals surface area contributed by atoms with Crippen molar-refractivity contribution in [3.63, 3.8) is 0 Å². The molecule has 0 saturated carbocycles. The van der Waals surface area contributed by atoms with Gasteiger partial charge in [0.05, 0.1) is 16.6 Å². The first-order valence-corrected chi connectivity index (χ1v) is 14.0. The Morgan fingerprint density at radius 3 is 2.55 bits per heavy atom. The molecule has 5 aromatic carbocycles. The van der Waals surface area contributed by atoms with Gasteiger partial charge in [0.2, 0.25) is 0 Å². The summed E-state index contributed by atoms with van der Waals surface area (Å²) >= 11 is 5.79. The Morgan fingerprint density at radius 1 is 0.762 bits per heavy atom. The molecule has 0 saturated heterocycles. The van der Waals surface area contributed by atoms with Crippen LogP contribution in [0, 0.1) is 0 Å². The highest BCUT2D eigenvalue weighted by atomic mass is 35.5. The number of allylic oxidation sites excluding steroid dienone is 5. The Labute approximate surface area is 246 Å². The van der Waals surface area contributed by atoms with Crippen molar-refractivity contribution in [2.75, 3.05) is 0 Å². The number of hydrogen-bond donors (Lipinski definition) is 1. The standard InChI is InChI=1S/C37H22ClN3O/c38-42-34-19-18-30(31-11-6-20-39-36(31)34)35-28-10-2-1-7-26(28)22-27-21-25(16-17-29(27)35)23-8-5-9-24(15-14-23)37-40-32-12-3-4-13-33(32)41-37/h1-8,10-22H,(H,40,41). The first-order chi connectivity index (χ1) is 20.8. The number of para-hydroxylation sites is 2. The molecule has 2 aromatic heterocycles. The second-order valence-corrected chi connectivity index (χ2v) is 10.4. The van der Waals surface area contributed by atoms with Crippen LogP contribution in [0.4, 0.5) is 0 Å². The van der Waals surface area contributed by atoms with Gasteiger partial charge in [-0.3, -0.25) is 4.98 Å². The van der Waals surface area contributed by atoms with Crippen molar-refractivity contribution >= 4 is 66.5 Å². The number of pyridine rings is 1. The number of H-pyrrole nitrogens is 1. The second-order valence-electron chi connectivity index (χ2n) is 10.3. The third-order valence-corrected chi connectivity index (χ3v) is 8.02. The van der Waals surface area contributed by atoms with Gasteiger partial charge in [-0.1, -0.05) is 60.7 Å². The topological polar surface area (TPSA) is 50.8 Å². The third-order valence-electron chi connectivity index (χ3n) is 7.86. The molecule has 42 heavy (non-hydrogen) atoms. The lowest BCUT2D eigenvalue weighted by Gasteiger charge is -2.16. The van der Waals surface area contributed by atoms with Gasteiger partial charge in [0.15, 0.2) is 5.75 Å². The van der Waals surface area contributed by atoms with Gasteiger partial charge in [0.1, 0.15) is 23.2 Å². The van der Waals surface area contributed by atoms with Crippen LogP contribution in [-0.4, -0.2) is 15.0 Å². The van der Waals surface area contributed by atoms with Crippen molar-refractivity contribution in [3.8, 4) is 16.9 Å². The molecule has 8 rings (SSSR count). The summed E-state index contributed by atoms with van der Waals surface area (Å²) in [5.41, 5.74) is 11.5. The Bertz CT molecular complexity index is 2300. The fourth-order valence-electron chi connectivity index (χ4n) is 5.89. The molecular formula is C37H22ClN3O. The van der Waals surface area contributed by atoms with Crippen LogP contribution in [0.25, 0.3) is 65.8 Å². The van der Waals surface area contributed by atoms with E-state index in [1.54, 1.807) is 6.20 Å². The maximum Gasteiger partial charge on any atom is 0.172 e. The number of aromatic amines is 1. The number of rotatable bonds is 4. The monoisotopic (exact) mass is 559 g/mol. The minimum absolute atomic E-state index is 0.540. The van der Waals surface area contributed by atoms with E-state index in [1.165, 1.54) is 10.8 Å². The molecule has 1 N–H and O–H groups in total. The molecule has 5 heteroatoms. The number of hydrogen-bond acceptors (Lipinski definition) is 3. The molecular weight excluding hydrogens is 538 g/mol. The van der Waals surface area contributed by atoms with Crippen LogP contribution in [0.5, 0.6) is 5.75 Å². The lowest BCUT2D eigenvalue weighted by molar-refractivity contribution is 0.625. The predicted molar refractivity (Wildman–Crippen MR) is 173 cm³/mol. The number of nitrogens with one attached hydrogen (secondary N) is 1. The van der Waals surface area contributed by atoms with Gasteiger partial charge in [-0.25, -0.2) is 4.98 Å². The predicted octanol–water partition coefficient (Wildman–Crippen LogP) is 9.81. The minimum Gasteiger partial charge on any atom is -0.383 e. The fraction of sp³-hybridized carbons (Fsp3) is 0. The van der Waals surface area contributed by atoms with Crippen LogP contribution < -0.4 is 4.29 Å². The van der Waals surface area contributed by atoms with Gasteiger partial charge < -0.3 is 9.27 Å². The molecule has 0 unspecified atom stereocenters. The largest absolute Gasteiger partial charge is 0.383 e. The lowest BCUT2D eigenvalue weighted by atomic mass is 9.88. The number of halogens is 1. The van der Waals surface area contributed by atoms with Gasteiger partial charge in [0, 0.05) is 11.6 Å². The molecule has 7 aromatic rings. The summed E-state index contributed by atoms with van der Waals surface area (Å²) < 4.78 is 5.12. The Kier molecular flexibility index (Phi) is 5.75. The van der Waals surface area contributed by atoms with Gasteiger partial charge in [-0.05, 0) is 105 Å². The highest BCUT2D eigenvalue weighted by molar-refractivity contribution is 6.18. The van der Waals surface area contributed by atoms with Crippen molar-refractivity contribution < 1.29 is 4.29 Å². The van der Waals surface area contributed by atoms with Crippen LogP contribution in [0.15, 0.2) is 133 Å². The Hall–Kier alpha value is -5.41. The molecule has 0 atom stereocenters. The molecule has 1 aliphatic rings. The SMILES string of the molecule is ClOc1ccc(-c2c3ccccc3cc3cc(C4=CC=C=C(c5nc6ccccc6[nH]5)C=C4)ccc23)c2cccnc12.